The van der Waals surface area contributed by atoms with Crippen LogP contribution in [0.25, 0.3) is 5.57 Å². The topological polar surface area (TPSA) is 16.1 Å². The molecule has 16 heavy (non-hydrogen) atoms. The van der Waals surface area contributed by atoms with Crippen LogP contribution in [0.3, 0.4) is 0 Å². The van der Waals surface area contributed by atoms with Crippen LogP contribution in [-0.2, 0) is 0 Å². The van der Waals surface area contributed by atoms with Crippen LogP contribution in [0.15, 0.2) is 6.08 Å². The molecule has 1 aromatic rings. The zero-order chi connectivity index (χ0) is 11.5. The highest BCUT2D eigenvalue weighted by Crippen LogP contribution is 2.31. The Morgan fingerprint density at radius 3 is 3.00 bits per heavy atom. The van der Waals surface area contributed by atoms with Gasteiger partial charge in [-0.25, -0.2) is 4.98 Å². The lowest BCUT2D eigenvalue weighted by molar-refractivity contribution is 0.305. The van der Waals surface area contributed by atoms with Crippen LogP contribution in [0, 0.1) is 6.92 Å². The highest BCUT2D eigenvalue weighted by molar-refractivity contribution is 7.16. The van der Waals surface area contributed by atoms with E-state index >= 15 is 0 Å². The fraction of sp³-hybridized carbons (Fsp3) is 0.583. The minimum Gasteiger partial charge on any atom is -0.299 e. The van der Waals surface area contributed by atoms with E-state index in [9.17, 15) is 0 Å². The molecule has 0 aromatic carbocycles. The summed E-state index contributed by atoms with van der Waals surface area (Å²) in [5.41, 5.74) is 2.30. The van der Waals surface area contributed by atoms with E-state index < -0.39 is 0 Å². The number of thiazole rings is 1. The number of aromatic nitrogens is 1. The van der Waals surface area contributed by atoms with Crippen molar-refractivity contribution in [3.8, 4) is 0 Å². The molecule has 0 saturated heterocycles. The van der Waals surface area contributed by atoms with Crippen LogP contribution >= 0.6 is 22.9 Å². The zero-order valence-electron chi connectivity index (χ0n) is 9.79. The maximum atomic E-state index is 6.20. The first-order valence-electron chi connectivity index (χ1n) is 5.75. The summed E-state index contributed by atoms with van der Waals surface area (Å²) in [5, 5.41) is 1.05. The minimum atomic E-state index is 0.835. The molecule has 0 atom stereocenters. The Morgan fingerprint density at radius 1 is 1.56 bits per heavy atom. The summed E-state index contributed by atoms with van der Waals surface area (Å²) in [4.78, 5) is 6.99. The van der Waals surface area contributed by atoms with Crippen molar-refractivity contribution in [3.63, 3.8) is 0 Å². The molecule has 0 saturated carbocycles. The number of hydrogen-bond acceptors (Lipinski definition) is 3. The number of nitrogens with zero attached hydrogens (tertiary/aromatic N) is 2. The van der Waals surface area contributed by atoms with E-state index in [0.29, 0.717) is 0 Å². The van der Waals surface area contributed by atoms with Gasteiger partial charge in [0.05, 0.1) is 10.7 Å². The lowest BCUT2D eigenvalue weighted by Gasteiger charge is -2.26. The zero-order valence-corrected chi connectivity index (χ0v) is 11.4. The fourth-order valence-corrected chi connectivity index (χ4v) is 3.25. The van der Waals surface area contributed by atoms with Crippen molar-refractivity contribution in [1.29, 1.82) is 0 Å². The van der Waals surface area contributed by atoms with Gasteiger partial charge in [-0.3, -0.25) is 4.90 Å². The molecule has 2 nitrogen and oxygen atoms in total. The maximum absolute atomic E-state index is 6.20. The number of hydrogen-bond donors (Lipinski definition) is 0. The SMILES string of the molecule is CCCN1CCC=C(c2nc(C)sc2Cl)C1. The molecular formula is C12H17ClN2S. The van der Waals surface area contributed by atoms with E-state index in [4.69, 9.17) is 11.6 Å². The van der Waals surface area contributed by atoms with Crippen molar-refractivity contribution in [3.05, 3.63) is 21.1 Å². The first kappa shape index (κ1) is 12.1. The van der Waals surface area contributed by atoms with Crippen molar-refractivity contribution in [2.75, 3.05) is 19.6 Å². The lowest BCUT2D eigenvalue weighted by Crippen LogP contribution is -2.30. The summed E-state index contributed by atoms with van der Waals surface area (Å²) >= 11 is 7.77. The summed E-state index contributed by atoms with van der Waals surface area (Å²) in [6.07, 6.45) is 4.60. The van der Waals surface area contributed by atoms with Gasteiger partial charge in [-0.05, 0) is 31.9 Å². The molecule has 0 spiro atoms. The molecule has 2 heterocycles. The highest BCUT2D eigenvalue weighted by Gasteiger charge is 2.17. The normalized spacial score (nSPS) is 17.6. The third-order valence-corrected chi connectivity index (χ3v) is 3.94. The number of rotatable bonds is 3. The van der Waals surface area contributed by atoms with Gasteiger partial charge < -0.3 is 0 Å². The molecule has 1 aliphatic heterocycles. The van der Waals surface area contributed by atoms with Crippen LogP contribution in [-0.4, -0.2) is 29.5 Å². The van der Waals surface area contributed by atoms with Gasteiger partial charge in [-0.2, -0.15) is 0 Å². The Bertz CT molecular complexity index is 398. The van der Waals surface area contributed by atoms with Crippen molar-refractivity contribution < 1.29 is 0 Å². The van der Waals surface area contributed by atoms with Gasteiger partial charge in [0.2, 0.25) is 0 Å². The largest absolute Gasteiger partial charge is 0.299 e. The second-order valence-corrected chi connectivity index (χ2v) is 5.95. The Labute approximate surface area is 106 Å². The van der Waals surface area contributed by atoms with Gasteiger partial charge in [0.25, 0.3) is 0 Å². The molecule has 88 valence electrons. The predicted molar refractivity (Wildman–Crippen MR) is 71.2 cm³/mol. The highest BCUT2D eigenvalue weighted by atomic mass is 35.5. The van der Waals surface area contributed by atoms with Gasteiger partial charge in [0.15, 0.2) is 0 Å². The smallest absolute Gasteiger partial charge is 0.121 e. The van der Waals surface area contributed by atoms with E-state index in [2.05, 4.69) is 22.9 Å². The average molecular weight is 257 g/mol. The minimum absolute atomic E-state index is 0.835. The van der Waals surface area contributed by atoms with Gasteiger partial charge in [-0.15, -0.1) is 11.3 Å². The third-order valence-electron chi connectivity index (χ3n) is 2.77. The molecule has 0 unspecified atom stereocenters. The van der Waals surface area contributed by atoms with E-state index in [1.807, 2.05) is 6.92 Å². The van der Waals surface area contributed by atoms with Gasteiger partial charge in [-0.1, -0.05) is 24.6 Å². The summed E-state index contributed by atoms with van der Waals surface area (Å²) in [7, 11) is 0. The van der Waals surface area contributed by atoms with E-state index in [0.717, 1.165) is 41.1 Å². The molecule has 0 aliphatic carbocycles. The fourth-order valence-electron chi connectivity index (χ4n) is 2.08. The van der Waals surface area contributed by atoms with Gasteiger partial charge in [0.1, 0.15) is 4.34 Å². The second-order valence-electron chi connectivity index (χ2n) is 4.15. The first-order chi connectivity index (χ1) is 7.70. The molecule has 0 amide bonds. The Morgan fingerprint density at radius 2 is 2.38 bits per heavy atom. The van der Waals surface area contributed by atoms with Crippen LogP contribution in [0.2, 0.25) is 4.34 Å². The number of halogens is 1. The van der Waals surface area contributed by atoms with Crippen molar-refractivity contribution in [2.45, 2.75) is 26.7 Å². The molecule has 4 heteroatoms. The average Bonchev–Trinajstić information content (AvgIpc) is 2.59. The third kappa shape index (κ3) is 2.65. The predicted octanol–water partition coefficient (Wildman–Crippen LogP) is 3.60. The Hall–Kier alpha value is -0.380. The van der Waals surface area contributed by atoms with E-state index in [-0.39, 0.29) is 0 Å². The summed E-state index contributed by atoms with van der Waals surface area (Å²) < 4.78 is 0.835. The lowest BCUT2D eigenvalue weighted by atomic mass is 10.1. The Balaban J connectivity index is 2.15. The van der Waals surface area contributed by atoms with Crippen LogP contribution in [0.5, 0.6) is 0 Å². The molecule has 1 aromatic heterocycles. The van der Waals surface area contributed by atoms with Gasteiger partial charge in [0, 0.05) is 13.1 Å². The van der Waals surface area contributed by atoms with Crippen molar-refractivity contribution in [2.24, 2.45) is 0 Å². The summed E-state index contributed by atoms with van der Waals surface area (Å²) in [6.45, 7) is 7.55. The van der Waals surface area contributed by atoms with Gasteiger partial charge >= 0.3 is 0 Å². The molecule has 0 N–H and O–H groups in total. The summed E-state index contributed by atoms with van der Waals surface area (Å²) in [6, 6.07) is 0. The summed E-state index contributed by atoms with van der Waals surface area (Å²) in [5.74, 6) is 0. The van der Waals surface area contributed by atoms with Crippen molar-refractivity contribution >= 4 is 28.5 Å². The molecule has 2 rings (SSSR count). The first-order valence-corrected chi connectivity index (χ1v) is 6.95. The van der Waals surface area contributed by atoms with Crippen LogP contribution in [0.4, 0.5) is 0 Å². The number of aryl methyl sites for hydroxylation is 1. The van der Waals surface area contributed by atoms with E-state index in [1.54, 1.807) is 11.3 Å². The molecule has 1 aliphatic rings. The Kier molecular flexibility index (Phi) is 4.00. The van der Waals surface area contributed by atoms with E-state index in [1.165, 1.54) is 12.0 Å². The monoisotopic (exact) mass is 256 g/mol. The molecule has 0 radical (unpaired) electrons. The van der Waals surface area contributed by atoms with Crippen LogP contribution < -0.4 is 0 Å². The van der Waals surface area contributed by atoms with Crippen LogP contribution in [0.1, 0.15) is 30.5 Å². The molecular weight excluding hydrogens is 240 g/mol. The second kappa shape index (κ2) is 5.30. The molecule has 0 bridgehead atoms. The maximum Gasteiger partial charge on any atom is 0.121 e. The standard InChI is InChI=1S/C12H17ClN2S/c1-3-6-15-7-4-5-10(8-15)11-12(13)16-9(2)14-11/h5H,3-4,6-8H2,1-2H3. The quantitative estimate of drug-likeness (QED) is 0.822. The molecule has 0 fully saturated rings. The van der Waals surface area contributed by atoms with Crippen molar-refractivity contribution in [1.82, 2.24) is 9.88 Å².